The molecule has 0 bridgehead atoms. The summed E-state index contributed by atoms with van der Waals surface area (Å²) in [5, 5.41) is 0. The fourth-order valence-corrected chi connectivity index (χ4v) is 1.73. The quantitative estimate of drug-likeness (QED) is 0.802. The van der Waals surface area contributed by atoms with Gasteiger partial charge in [0.05, 0.1) is 18.0 Å². The molecule has 0 aromatic carbocycles. The zero-order valence-corrected chi connectivity index (χ0v) is 8.82. The average molecular weight is 231 g/mol. The predicted octanol–water partition coefficient (Wildman–Crippen LogP) is 1.84. The van der Waals surface area contributed by atoms with Gasteiger partial charge in [-0.2, -0.15) is 0 Å². The number of nitrogens with two attached hydrogens (primary N) is 1. The maximum Gasteiger partial charge on any atom is 0.261 e. The SMILES string of the molecule is NCC#Cc1ccc(COCC(F)F)s1. The van der Waals surface area contributed by atoms with Crippen molar-refractivity contribution in [3.8, 4) is 11.8 Å². The van der Waals surface area contributed by atoms with Crippen LogP contribution in [0.2, 0.25) is 0 Å². The minimum absolute atomic E-state index is 0.208. The molecule has 5 heteroatoms. The van der Waals surface area contributed by atoms with Gasteiger partial charge in [-0.3, -0.25) is 0 Å². The third-order valence-electron chi connectivity index (χ3n) is 1.46. The highest BCUT2D eigenvalue weighted by Crippen LogP contribution is 2.16. The van der Waals surface area contributed by atoms with Crippen molar-refractivity contribution < 1.29 is 13.5 Å². The van der Waals surface area contributed by atoms with Crippen LogP contribution >= 0.6 is 11.3 Å². The molecule has 0 spiro atoms. The minimum atomic E-state index is -2.42. The number of hydrogen-bond donors (Lipinski definition) is 1. The predicted molar refractivity (Wildman–Crippen MR) is 55.9 cm³/mol. The molecule has 0 radical (unpaired) electrons. The average Bonchev–Trinajstić information content (AvgIpc) is 2.62. The van der Waals surface area contributed by atoms with Crippen LogP contribution in [0.3, 0.4) is 0 Å². The molecule has 0 atom stereocenters. The van der Waals surface area contributed by atoms with Crippen LogP contribution in [0.5, 0.6) is 0 Å². The van der Waals surface area contributed by atoms with E-state index in [9.17, 15) is 8.78 Å². The van der Waals surface area contributed by atoms with Gasteiger partial charge in [0.1, 0.15) is 6.61 Å². The topological polar surface area (TPSA) is 35.2 Å². The van der Waals surface area contributed by atoms with E-state index in [0.717, 1.165) is 9.75 Å². The van der Waals surface area contributed by atoms with Crippen molar-refractivity contribution in [3.63, 3.8) is 0 Å². The van der Waals surface area contributed by atoms with Crippen molar-refractivity contribution in [2.75, 3.05) is 13.2 Å². The van der Waals surface area contributed by atoms with Gasteiger partial charge in [-0.05, 0) is 12.1 Å². The monoisotopic (exact) mass is 231 g/mol. The van der Waals surface area contributed by atoms with Gasteiger partial charge in [0.25, 0.3) is 6.43 Å². The molecule has 1 rings (SSSR count). The Morgan fingerprint density at radius 2 is 2.27 bits per heavy atom. The van der Waals surface area contributed by atoms with Crippen LogP contribution in [-0.4, -0.2) is 19.6 Å². The van der Waals surface area contributed by atoms with Crippen molar-refractivity contribution in [3.05, 3.63) is 21.9 Å². The van der Waals surface area contributed by atoms with Crippen LogP contribution in [-0.2, 0) is 11.3 Å². The molecule has 2 nitrogen and oxygen atoms in total. The summed E-state index contributed by atoms with van der Waals surface area (Å²) in [5.41, 5.74) is 5.22. The van der Waals surface area contributed by atoms with Crippen LogP contribution < -0.4 is 5.73 Å². The Morgan fingerprint density at radius 3 is 2.93 bits per heavy atom. The Balaban J connectivity index is 2.39. The highest BCUT2D eigenvalue weighted by Gasteiger charge is 2.03. The lowest BCUT2D eigenvalue weighted by molar-refractivity contribution is 0.0108. The van der Waals surface area contributed by atoms with Gasteiger partial charge in [0, 0.05) is 4.88 Å². The van der Waals surface area contributed by atoms with Gasteiger partial charge in [-0.1, -0.05) is 11.8 Å². The molecular weight excluding hydrogens is 220 g/mol. The summed E-state index contributed by atoms with van der Waals surface area (Å²) >= 11 is 1.43. The van der Waals surface area contributed by atoms with Crippen molar-refractivity contribution in [2.45, 2.75) is 13.0 Å². The molecule has 1 aromatic heterocycles. The number of rotatable bonds is 4. The first-order valence-corrected chi connectivity index (χ1v) is 5.17. The van der Waals surface area contributed by atoms with Crippen LogP contribution in [0.25, 0.3) is 0 Å². The second-order valence-electron chi connectivity index (χ2n) is 2.68. The lowest BCUT2D eigenvalue weighted by Crippen LogP contribution is -2.03. The molecule has 15 heavy (non-hydrogen) atoms. The number of thiophene rings is 1. The summed E-state index contributed by atoms with van der Waals surface area (Å²) in [6.45, 7) is -0.00383. The van der Waals surface area contributed by atoms with E-state index in [1.165, 1.54) is 11.3 Å². The van der Waals surface area contributed by atoms with Gasteiger partial charge in [-0.25, -0.2) is 8.78 Å². The maximum absolute atomic E-state index is 11.8. The van der Waals surface area contributed by atoms with Crippen molar-refractivity contribution in [1.29, 1.82) is 0 Å². The van der Waals surface area contributed by atoms with E-state index in [4.69, 9.17) is 10.5 Å². The van der Waals surface area contributed by atoms with E-state index in [-0.39, 0.29) is 6.61 Å². The molecule has 0 saturated heterocycles. The normalized spacial score (nSPS) is 10.1. The first-order valence-electron chi connectivity index (χ1n) is 4.36. The fourth-order valence-electron chi connectivity index (χ4n) is 0.909. The molecule has 0 saturated carbocycles. The Hall–Kier alpha value is -0.960. The first kappa shape index (κ1) is 12.1. The van der Waals surface area contributed by atoms with Gasteiger partial charge < -0.3 is 10.5 Å². The molecule has 82 valence electrons. The number of alkyl halides is 2. The van der Waals surface area contributed by atoms with Crippen LogP contribution in [0.1, 0.15) is 9.75 Å². The van der Waals surface area contributed by atoms with Crippen molar-refractivity contribution >= 4 is 11.3 Å². The van der Waals surface area contributed by atoms with Gasteiger partial charge in [0.15, 0.2) is 0 Å². The number of halogens is 2. The zero-order valence-electron chi connectivity index (χ0n) is 8.00. The molecule has 0 aliphatic heterocycles. The molecule has 2 N–H and O–H groups in total. The summed E-state index contributed by atoms with van der Waals surface area (Å²) in [7, 11) is 0. The highest BCUT2D eigenvalue weighted by atomic mass is 32.1. The molecular formula is C10H11F2NOS. The molecule has 0 aliphatic carbocycles. The summed E-state index contributed by atoms with van der Waals surface area (Å²) in [5.74, 6) is 5.58. The van der Waals surface area contributed by atoms with Crippen molar-refractivity contribution in [2.24, 2.45) is 5.73 Å². The Labute approximate surface area is 91.0 Å². The van der Waals surface area contributed by atoms with Gasteiger partial charge in [-0.15, -0.1) is 11.3 Å². The lowest BCUT2D eigenvalue weighted by Gasteiger charge is -1.99. The number of hydrogen-bond acceptors (Lipinski definition) is 3. The highest BCUT2D eigenvalue weighted by molar-refractivity contribution is 7.12. The largest absolute Gasteiger partial charge is 0.370 e. The number of ether oxygens (including phenoxy) is 1. The molecule has 0 unspecified atom stereocenters. The summed E-state index contributed by atoms with van der Waals surface area (Å²) < 4.78 is 28.3. The summed E-state index contributed by atoms with van der Waals surface area (Å²) in [6.07, 6.45) is -2.42. The minimum Gasteiger partial charge on any atom is -0.370 e. The molecule has 1 heterocycles. The van der Waals surface area contributed by atoms with E-state index in [1.54, 1.807) is 0 Å². The summed E-state index contributed by atoms with van der Waals surface area (Å²) in [4.78, 5) is 1.76. The van der Waals surface area contributed by atoms with Crippen LogP contribution in [0.15, 0.2) is 12.1 Å². The third-order valence-corrected chi connectivity index (χ3v) is 2.44. The first-order chi connectivity index (χ1) is 7.22. The zero-order chi connectivity index (χ0) is 11.1. The lowest BCUT2D eigenvalue weighted by atomic mass is 10.4. The van der Waals surface area contributed by atoms with E-state index >= 15 is 0 Å². The fraction of sp³-hybridized carbons (Fsp3) is 0.400. The Bertz CT molecular complexity index is 354. The third kappa shape index (κ3) is 4.88. The van der Waals surface area contributed by atoms with Gasteiger partial charge in [0.2, 0.25) is 0 Å². The second kappa shape index (κ2) is 6.51. The molecule has 1 aromatic rings. The van der Waals surface area contributed by atoms with E-state index in [0.29, 0.717) is 6.54 Å². The maximum atomic E-state index is 11.8. The Kier molecular flexibility index (Phi) is 5.26. The second-order valence-corrected chi connectivity index (χ2v) is 3.85. The Morgan fingerprint density at radius 1 is 1.47 bits per heavy atom. The van der Waals surface area contributed by atoms with E-state index in [1.807, 2.05) is 12.1 Å². The standard InChI is InChI=1S/C10H11F2NOS/c11-10(12)7-14-6-9-4-3-8(15-9)2-1-5-13/h3-4,10H,5-7,13H2. The van der Waals surface area contributed by atoms with Crippen LogP contribution in [0, 0.1) is 11.8 Å². The van der Waals surface area contributed by atoms with Crippen LogP contribution in [0.4, 0.5) is 8.78 Å². The molecule has 0 aliphatic rings. The smallest absolute Gasteiger partial charge is 0.261 e. The van der Waals surface area contributed by atoms with E-state index < -0.39 is 13.0 Å². The van der Waals surface area contributed by atoms with Gasteiger partial charge >= 0.3 is 0 Å². The molecule has 0 fully saturated rings. The van der Waals surface area contributed by atoms with E-state index in [2.05, 4.69) is 11.8 Å². The van der Waals surface area contributed by atoms with Crippen molar-refractivity contribution in [1.82, 2.24) is 0 Å². The molecule has 0 amide bonds. The summed E-state index contributed by atoms with van der Waals surface area (Å²) in [6, 6.07) is 3.64.